The Labute approximate surface area is 136 Å². The summed E-state index contributed by atoms with van der Waals surface area (Å²) in [7, 11) is 0. The summed E-state index contributed by atoms with van der Waals surface area (Å²) in [5.41, 5.74) is 1.47. The minimum absolute atomic E-state index is 0.0191. The van der Waals surface area contributed by atoms with Gasteiger partial charge in [0, 0.05) is 35.5 Å². The lowest BCUT2D eigenvalue weighted by atomic mass is 10.1. The quantitative estimate of drug-likeness (QED) is 0.513. The van der Waals surface area contributed by atoms with Crippen LogP contribution in [0.25, 0.3) is 6.08 Å². The molecule has 8 heteroatoms. The van der Waals surface area contributed by atoms with Crippen LogP contribution in [0.2, 0.25) is 0 Å². The van der Waals surface area contributed by atoms with E-state index in [-0.39, 0.29) is 11.4 Å². The van der Waals surface area contributed by atoms with Crippen molar-refractivity contribution in [2.24, 2.45) is 0 Å². The zero-order valence-electron chi connectivity index (χ0n) is 12.6. The van der Waals surface area contributed by atoms with Crippen molar-refractivity contribution in [3.05, 3.63) is 79.9 Å². The lowest BCUT2D eigenvalue weighted by Crippen LogP contribution is -2.08. The van der Waals surface area contributed by atoms with Gasteiger partial charge in [-0.1, -0.05) is 0 Å². The van der Waals surface area contributed by atoms with Crippen LogP contribution in [-0.2, 0) is 4.79 Å². The number of benzene rings is 2. The van der Waals surface area contributed by atoms with E-state index in [9.17, 15) is 25.0 Å². The smallest absolute Gasteiger partial charge is 0.272 e. The van der Waals surface area contributed by atoms with Crippen LogP contribution in [0.4, 0.5) is 17.1 Å². The van der Waals surface area contributed by atoms with E-state index in [1.807, 2.05) is 0 Å². The standard InChI is InChI=1S/C16H13N3O5/c1-11-10-13(5-8-15(11)19(23)24)17-16(20)9-4-12-2-6-14(7-3-12)18(21)22/h2-10H,1H3,(H,17,20)/b9-4+. The normalized spacial score (nSPS) is 10.5. The Bertz CT molecular complexity index is 828. The van der Waals surface area contributed by atoms with Crippen LogP contribution >= 0.6 is 0 Å². The topological polar surface area (TPSA) is 115 Å². The molecular weight excluding hydrogens is 314 g/mol. The Balaban J connectivity index is 2.03. The van der Waals surface area contributed by atoms with Gasteiger partial charge in [0.1, 0.15) is 0 Å². The number of anilines is 1. The molecule has 0 aromatic heterocycles. The SMILES string of the molecule is Cc1cc(NC(=O)/C=C/c2ccc([N+](=O)[O-])cc2)ccc1[N+](=O)[O-]. The van der Waals surface area contributed by atoms with Gasteiger partial charge in [0.25, 0.3) is 11.4 Å². The molecule has 2 rings (SSSR count). The van der Waals surface area contributed by atoms with E-state index < -0.39 is 15.8 Å². The van der Waals surface area contributed by atoms with Gasteiger partial charge >= 0.3 is 0 Å². The van der Waals surface area contributed by atoms with E-state index >= 15 is 0 Å². The molecule has 0 atom stereocenters. The fraction of sp³-hybridized carbons (Fsp3) is 0.0625. The summed E-state index contributed by atoms with van der Waals surface area (Å²) < 4.78 is 0. The zero-order chi connectivity index (χ0) is 17.7. The number of nitro benzene ring substituents is 2. The zero-order valence-corrected chi connectivity index (χ0v) is 12.6. The third kappa shape index (κ3) is 4.23. The van der Waals surface area contributed by atoms with Crippen molar-refractivity contribution in [3.63, 3.8) is 0 Å². The minimum Gasteiger partial charge on any atom is -0.322 e. The molecule has 122 valence electrons. The average molecular weight is 327 g/mol. The van der Waals surface area contributed by atoms with E-state index in [4.69, 9.17) is 0 Å². The first-order valence-electron chi connectivity index (χ1n) is 6.85. The monoisotopic (exact) mass is 327 g/mol. The molecule has 24 heavy (non-hydrogen) atoms. The number of hydrogen-bond donors (Lipinski definition) is 1. The Kier molecular flexibility index (Phi) is 5.00. The molecule has 0 saturated heterocycles. The fourth-order valence-corrected chi connectivity index (χ4v) is 2.00. The van der Waals surface area contributed by atoms with Gasteiger partial charge in [0.05, 0.1) is 9.85 Å². The van der Waals surface area contributed by atoms with E-state index in [0.717, 1.165) is 0 Å². The van der Waals surface area contributed by atoms with Crippen LogP contribution < -0.4 is 5.32 Å². The summed E-state index contributed by atoms with van der Waals surface area (Å²) in [4.78, 5) is 32.2. The highest BCUT2D eigenvalue weighted by molar-refractivity contribution is 6.02. The third-order valence-corrected chi connectivity index (χ3v) is 3.19. The molecule has 0 heterocycles. The largest absolute Gasteiger partial charge is 0.322 e. The Hall–Kier alpha value is -3.55. The highest BCUT2D eigenvalue weighted by Crippen LogP contribution is 2.21. The minimum atomic E-state index is -0.503. The Morgan fingerprint density at radius 1 is 1.04 bits per heavy atom. The van der Waals surface area contributed by atoms with Gasteiger partial charge in [-0.05, 0) is 42.8 Å². The summed E-state index contributed by atoms with van der Waals surface area (Å²) in [6, 6.07) is 10.0. The first-order valence-corrected chi connectivity index (χ1v) is 6.85. The molecule has 2 aromatic carbocycles. The first kappa shape index (κ1) is 16.8. The van der Waals surface area contributed by atoms with Gasteiger partial charge in [0.2, 0.25) is 5.91 Å². The van der Waals surface area contributed by atoms with Crippen molar-refractivity contribution in [1.29, 1.82) is 0 Å². The number of carbonyl (C=O) groups is 1. The van der Waals surface area contributed by atoms with Crippen molar-refractivity contribution >= 4 is 29.0 Å². The molecule has 0 fully saturated rings. The number of aryl methyl sites for hydroxylation is 1. The molecule has 0 unspecified atom stereocenters. The van der Waals surface area contributed by atoms with E-state index in [1.54, 1.807) is 6.92 Å². The molecule has 1 N–H and O–H groups in total. The molecule has 0 aliphatic rings. The predicted octanol–water partition coefficient (Wildman–Crippen LogP) is 3.46. The predicted molar refractivity (Wildman–Crippen MR) is 88.6 cm³/mol. The van der Waals surface area contributed by atoms with Crippen molar-refractivity contribution < 1.29 is 14.6 Å². The number of nitrogens with one attached hydrogen (secondary N) is 1. The molecule has 0 spiro atoms. The van der Waals surface area contributed by atoms with Crippen molar-refractivity contribution in [3.8, 4) is 0 Å². The second kappa shape index (κ2) is 7.14. The number of nitro groups is 2. The highest BCUT2D eigenvalue weighted by Gasteiger charge is 2.10. The molecule has 0 bridgehead atoms. The van der Waals surface area contributed by atoms with Crippen LogP contribution in [0.1, 0.15) is 11.1 Å². The van der Waals surface area contributed by atoms with Crippen molar-refractivity contribution in [1.82, 2.24) is 0 Å². The molecule has 1 amide bonds. The van der Waals surface area contributed by atoms with Crippen LogP contribution in [-0.4, -0.2) is 15.8 Å². The number of non-ortho nitro benzene ring substituents is 1. The summed E-state index contributed by atoms with van der Waals surface area (Å²) in [5.74, 6) is -0.415. The summed E-state index contributed by atoms with van der Waals surface area (Å²) in [5, 5.41) is 23.9. The van der Waals surface area contributed by atoms with Crippen molar-refractivity contribution in [2.75, 3.05) is 5.32 Å². The summed E-state index contributed by atoms with van der Waals surface area (Å²) in [6.07, 6.45) is 2.79. The molecule has 0 radical (unpaired) electrons. The highest BCUT2D eigenvalue weighted by atomic mass is 16.6. The van der Waals surface area contributed by atoms with Gasteiger partial charge < -0.3 is 5.32 Å². The molecule has 0 aliphatic heterocycles. The lowest BCUT2D eigenvalue weighted by molar-refractivity contribution is -0.385. The van der Waals surface area contributed by atoms with Crippen LogP contribution in [0, 0.1) is 27.2 Å². The van der Waals surface area contributed by atoms with E-state index in [0.29, 0.717) is 16.8 Å². The Morgan fingerprint density at radius 3 is 2.25 bits per heavy atom. The summed E-state index contributed by atoms with van der Waals surface area (Å²) >= 11 is 0. The van der Waals surface area contributed by atoms with Gasteiger partial charge in [-0.3, -0.25) is 25.0 Å². The van der Waals surface area contributed by atoms with E-state index in [1.165, 1.54) is 54.6 Å². The maximum atomic E-state index is 11.9. The van der Waals surface area contributed by atoms with E-state index in [2.05, 4.69) is 5.32 Å². The van der Waals surface area contributed by atoms with Gasteiger partial charge in [-0.25, -0.2) is 0 Å². The second-order valence-corrected chi connectivity index (χ2v) is 4.93. The number of amides is 1. The maximum absolute atomic E-state index is 11.9. The van der Waals surface area contributed by atoms with Gasteiger partial charge in [-0.2, -0.15) is 0 Å². The Morgan fingerprint density at radius 2 is 1.71 bits per heavy atom. The van der Waals surface area contributed by atoms with Gasteiger partial charge in [0.15, 0.2) is 0 Å². The number of rotatable bonds is 5. The molecule has 0 saturated carbocycles. The molecule has 8 nitrogen and oxygen atoms in total. The first-order chi connectivity index (χ1) is 11.4. The molecular formula is C16H13N3O5. The van der Waals surface area contributed by atoms with Crippen LogP contribution in [0.3, 0.4) is 0 Å². The number of carbonyl (C=O) groups excluding carboxylic acids is 1. The molecule has 0 aliphatic carbocycles. The second-order valence-electron chi connectivity index (χ2n) is 4.93. The van der Waals surface area contributed by atoms with Gasteiger partial charge in [-0.15, -0.1) is 0 Å². The third-order valence-electron chi connectivity index (χ3n) is 3.19. The summed E-state index contributed by atoms with van der Waals surface area (Å²) in [6.45, 7) is 1.58. The van der Waals surface area contributed by atoms with Crippen LogP contribution in [0.15, 0.2) is 48.5 Å². The number of nitrogens with zero attached hydrogens (tertiary/aromatic N) is 2. The van der Waals surface area contributed by atoms with Crippen LogP contribution in [0.5, 0.6) is 0 Å². The lowest BCUT2D eigenvalue weighted by Gasteiger charge is -2.04. The fourth-order valence-electron chi connectivity index (χ4n) is 2.00. The number of hydrogen-bond acceptors (Lipinski definition) is 5. The molecule has 2 aromatic rings. The maximum Gasteiger partial charge on any atom is 0.272 e. The van der Waals surface area contributed by atoms with Crippen molar-refractivity contribution in [2.45, 2.75) is 6.92 Å². The average Bonchev–Trinajstić information content (AvgIpc) is 2.53.